The van der Waals surface area contributed by atoms with Crippen LogP contribution in [0.15, 0.2) is 51.9 Å². The Hall–Kier alpha value is -3.93. The fourth-order valence-corrected chi connectivity index (χ4v) is 3.87. The zero-order valence-electron chi connectivity index (χ0n) is 15.6. The van der Waals surface area contributed by atoms with Gasteiger partial charge in [-0.1, -0.05) is 17.3 Å². The number of hydrogen-bond donors (Lipinski definition) is 1. The summed E-state index contributed by atoms with van der Waals surface area (Å²) in [4.78, 5) is 31.1. The number of imide groups is 1. The Kier molecular flexibility index (Phi) is 4.13. The van der Waals surface area contributed by atoms with Crippen LogP contribution in [0.4, 0.5) is 4.79 Å². The number of carbonyl (C=O) groups is 2. The van der Waals surface area contributed by atoms with E-state index in [1.807, 2.05) is 16.8 Å². The Morgan fingerprint density at radius 1 is 1.27 bits per heavy atom. The highest BCUT2D eigenvalue weighted by Crippen LogP contribution is 2.31. The molecule has 1 fully saturated rings. The fourth-order valence-electron chi connectivity index (χ4n) is 3.24. The van der Waals surface area contributed by atoms with Gasteiger partial charge in [-0.15, -0.1) is 5.10 Å². The van der Waals surface area contributed by atoms with E-state index in [0.717, 1.165) is 10.5 Å². The van der Waals surface area contributed by atoms with Crippen LogP contribution >= 0.6 is 11.3 Å². The number of tetrazole rings is 1. The third kappa shape index (κ3) is 2.93. The van der Waals surface area contributed by atoms with Gasteiger partial charge >= 0.3 is 6.03 Å². The van der Waals surface area contributed by atoms with Gasteiger partial charge in [0.05, 0.1) is 5.69 Å². The second-order valence-electron chi connectivity index (χ2n) is 6.77. The monoisotopic (exact) mass is 422 g/mol. The van der Waals surface area contributed by atoms with Crippen LogP contribution in [0.25, 0.3) is 17.1 Å². The summed E-state index contributed by atoms with van der Waals surface area (Å²) in [6.45, 7) is 1.53. The third-order valence-electron chi connectivity index (χ3n) is 4.85. The summed E-state index contributed by atoms with van der Waals surface area (Å²) in [6, 6.07) is 8.40. The van der Waals surface area contributed by atoms with E-state index in [0.29, 0.717) is 17.1 Å². The van der Waals surface area contributed by atoms with Crippen LogP contribution < -0.4 is 5.32 Å². The summed E-state index contributed by atoms with van der Waals surface area (Å²) >= 11 is 1.51. The smallest absolute Gasteiger partial charge is 0.325 e. The maximum absolute atomic E-state index is 13.2. The Balaban J connectivity index is 1.41. The SMILES string of the molecule is C[C@]1(c2cccc(-n3cnnn3)c2)NC(=O)N(Cc2nc(-c3ccsc3)no2)C1=O. The normalized spacial score (nSPS) is 18.8. The van der Waals surface area contributed by atoms with Crippen molar-refractivity contribution in [3.05, 3.63) is 58.9 Å². The molecule has 4 aromatic rings. The molecule has 0 radical (unpaired) electrons. The first-order valence-electron chi connectivity index (χ1n) is 8.88. The van der Waals surface area contributed by atoms with E-state index in [4.69, 9.17) is 4.52 Å². The number of hydrogen-bond acceptors (Lipinski definition) is 9. The van der Waals surface area contributed by atoms with E-state index in [1.165, 1.54) is 22.3 Å². The van der Waals surface area contributed by atoms with Crippen molar-refractivity contribution >= 4 is 23.3 Å². The van der Waals surface area contributed by atoms with Crippen LogP contribution in [0, 0.1) is 0 Å². The third-order valence-corrected chi connectivity index (χ3v) is 5.54. The zero-order valence-corrected chi connectivity index (χ0v) is 16.4. The van der Waals surface area contributed by atoms with Gasteiger partial charge in [0.2, 0.25) is 11.7 Å². The van der Waals surface area contributed by atoms with E-state index in [2.05, 4.69) is 31.0 Å². The predicted octanol–water partition coefficient (Wildman–Crippen LogP) is 1.74. The molecule has 1 saturated heterocycles. The second-order valence-corrected chi connectivity index (χ2v) is 7.55. The standard InChI is InChI=1S/C18H14N8O3S/c1-18(12-3-2-4-13(7-12)26-10-19-23-24-26)16(27)25(17(28)21-18)8-14-20-15(22-29-14)11-5-6-30-9-11/h2-7,9-10H,8H2,1H3,(H,21,28)/t18-/m1/s1. The predicted molar refractivity (Wildman–Crippen MR) is 103 cm³/mol. The number of nitrogens with zero attached hydrogens (tertiary/aromatic N) is 7. The number of urea groups is 1. The van der Waals surface area contributed by atoms with Crippen molar-refractivity contribution in [1.29, 1.82) is 0 Å². The van der Waals surface area contributed by atoms with Crippen molar-refractivity contribution in [1.82, 2.24) is 40.6 Å². The number of aromatic nitrogens is 6. The Labute approximate surface area is 173 Å². The number of amides is 3. The highest BCUT2D eigenvalue weighted by molar-refractivity contribution is 7.08. The topological polar surface area (TPSA) is 132 Å². The van der Waals surface area contributed by atoms with Gasteiger partial charge in [-0.05, 0) is 46.5 Å². The molecule has 3 aromatic heterocycles. The number of benzene rings is 1. The van der Waals surface area contributed by atoms with Crippen molar-refractivity contribution in [2.24, 2.45) is 0 Å². The van der Waals surface area contributed by atoms with Gasteiger partial charge in [0.1, 0.15) is 18.4 Å². The van der Waals surface area contributed by atoms with E-state index in [1.54, 1.807) is 31.2 Å². The minimum atomic E-state index is -1.25. The summed E-state index contributed by atoms with van der Waals surface area (Å²) in [6.07, 6.45) is 1.45. The van der Waals surface area contributed by atoms with Crippen molar-refractivity contribution in [2.45, 2.75) is 19.0 Å². The minimum Gasteiger partial charge on any atom is -0.337 e. The van der Waals surface area contributed by atoms with Crippen LogP contribution in [0.3, 0.4) is 0 Å². The molecule has 1 aromatic carbocycles. The molecule has 1 N–H and O–H groups in total. The van der Waals surface area contributed by atoms with Crippen molar-refractivity contribution in [3.8, 4) is 17.1 Å². The summed E-state index contributed by atoms with van der Waals surface area (Å²) in [5.74, 6) is 0.165. The molecule has 150 valence electrons. The molecular weight excluding hydrogens is 408 g/mol. The first kappa shape index (κ1) is 18.1. The van der Waals surface area contributed by atoms with E-state index >= 15 is 0 Å². The lowest BCUT2D eigenvalue weighted by atomic mass is 9.91. The lowest BCUT2D eigenvalue weighted by molar-refractivity contribution is -0.131. The van der Waals surface area contributed by atoms with Gasteiger partial charge in [0.25, 0.3) is 5.91 Å². The fraction of sp³-hybridized carbons (Fsp3) is 0.167. The van der Waals surface area contributed by atoms with Gasteiger partial charge in [-0.25, -0.2) is 9.48 Å². The van der Waals surface area contributed by atoms with E-state index in [-0.39, 0.29) is 12.4 Å². The highest BCUT2D eigenvalue weighted by Gasteiger charge is 2.49. The van der Waals surface area contributed by atoms with E-state index < -0.39 is 17.5 Å². The van der Waals surface area contributed by atoms with Crippen LogP contribution in [-0.4, -0.2) is 47.2 Å². The molecule has 11 nitrogen and oxygen atoms in total. The summed E-state index contributed by atoms with van der Waals surface area (Å²) < 4.78 is 6.70. The van der Waals surface area contributed by atoms with Crippen molar-refractivity contribution < 1.29 is 14.1 Å². The number of carbonyl (C=O) groups excluding carboxylic acids is 2. The lowest BCUT2D eigenvalue weighted by Crippen LogP contribution is -2.40. The largest absolute Gasteiger partial charge is 0.337 e. The number of thiophene rings is 1. The molecule has 0 bridgehead atoms. The van der Waals surface area contributed by atoms with Crippen LogP contribution in [0.5, 0.6) is 0 Å². The van der Waals surface area contributed by atoms with Gasteiger partial charge in [0.15, 0.2) is 0 Å². The average Bonchev–Trinajstić information content (AvgIpc) is 3.54. The molecule has 1 atom stereocenters. The molecule has 0 saturated carbocycles. The van der Waals surface area contributed by atoms with Crippen LogP contribution in [0.1, 0.15) is 18.4 Å². The maximum Gasteiger partial charge on any atom is 0.325 e. The first-order valence-corrected chi connectivity index (χ1v) is 9.82. The molecule has 4 heterocycles. The Bertz CT molecular complexity index is 1220. The van der Waals surface area contributed by atoms with Gasteiger partial charge in [-0.2, -0.15) is 16.3 Å². The quantitative estimate of drug-likeness (QED) is 0.481. The lowest BCUT2D eigenvalue weighted by Gasteiger charge is -2.22. The van der Waals surface area contributed by atoms with Crippen molar-refractivity contribution in [2.75, 3.05) is 0 Å². The summed E-state index contributed by atoms with van der Waals surface area (Å²) in [7, 11) is 0. The summed E-state index contributed by atoms with van der Waals surface area (Å²) in [5.41, 5.74) is 0.825. The summed E-state index contributed by atoms with van der Waals surface area (Å²) in [5, 5.41) is 21.5. The van der Waals surface area contributed by atoms with Gasteiger partial charge < -0.3 is 9.84 Å². The Morgan fingerprint density at radius 3 is 2.93 bits per heavy atom. The molecule has 12 heteroatoms. The Morgan fingerprint density at radius 2 is 2.17 bits per heavy atom. The van der Waals surface area contributed by atoms with E-state index in [9.17, 15) is 9.59 Å². The maximum atomic E-state index is 13.2. The molecule has 5 rings (SSSR count). The van der Waals surface area contributed by atoms with Crippen LogP contribution in [-0.2, 0) is 16.9 Å². The average molecular weight is 422 g/mol. The highest BCUT2D eigenvalue weighted by atomic mass is 32.1. The minimum absolute atomic E-state index is 0.121. The molecule has 3 amide bonds. The molecule has 0 unspecified atom stereocenters. The molecule has 1 aliphatic rings. The zero-order chi connectivity index (χ0) is 20.7. The van der Waals surface area contributed by atoms with Crippen molar-refractivity contribution in [3.63, 3.8) is 0 Å². The second kappa shape index (κ2) is 6.84. The van der Waals surface area contributed by atoms with Gasteiger partial charge in [0, 0.05) is 10.9 Å². The molecule has 0 aliphatic carbocycles. The first-order chi connectivity index (χ1) is 14.5. The number of nitrogens with one attached hydrogen (secondary N) is 1. The van der Waals surface area contributed by atoms with Gasteiger partial charge in [-0.3, -0.25) is 9.69 Å². The molecule has 1 aliphatic heterocycles. The number of rotatable bonds is 5. The molecule has 0 spiro atoms. The van der Waals surface area contributed by atoms with Crippen LogP contribution in [0.2, 0.25) is 0 Å². The molecule has 30 heavy (non-hydrogen) atoms. The molecular formula is C18H14N8O3S.